The number of aliphatic imine (C=N–C) groups is 1. The smallest absolute Gasteiger partial charge is 0.191 e. The number of nitrogens with one attached hydrogen (secondary N) is 2. The van der Waals surface area contributed by atoms with Crippen LogP contribution in [0.25, 0.3) is 0 Å². The van der Waals surface area contributed by atoms with Gasteiger partial charge < -0.3 is 24.8 Å². The van der Waals surface area contributed by atoms with E-state index in [1.165, 1.54) is 0 Å². The Hall–Kier alpha value is -2.00. The van der Waals surface area contributed by atoms with Crippen molar-refractivity contribution in [1.82, 2.24) is 10.6 Å². The fourth-order valence-corrected chi connectivity index (χ4v) is 2.58. The van der Waals surface area contributed by atoms with Crippen molar-refractivity contribution in [3.05, 3.63) is 59.7 Å². The van der Waals surface area contributed by atoms with Gasteiger partial charge in [0, 0.05) is 19.7 Å². The number of hydrogen-bond acceptors (Lipinski definition) is 4. The van der Waals surface area contributed by atoms with Gasteiger partial charge in [-0.1, -0.05) is 24.3 Å². The van der Waals surface area contributed by atoms with Crippen LogP contribution >= 0.6 is 24.0 Å². The summed E-state index contributed by atoms with van der Waals surface area (Å²) in [7, 11) is 3.34. The van der Waals surface area contributed by atoms with E-state index in [9.17, 15) is 0 Å². The zero-order valence-electron chi connectivity index (χ0n) is 17.4. The van der Waals surface area contributed by atoms with Crippen molar-refractivity contribution in [3.8, 4) is 11.5 Å². The molecular weight excluding hydrogens is 481 g/mol. The monoisotopic (exact) mass is 513 g/mol. The molecule has 0 aliphatic rings. The highest BCUT2D eigenvalue weighted by atomic mass is 127. The number of methoxy groups -OCH3 is 2. The summed E-state index contributed by atoms with van der Waals surface area (Å²) in [4.78, 5) is 4.63. The molecule has 0 fully saturated rings. The molecule has 0 heterocycles. The highest BCUT2D eigenvalue weighted by molar-refractivity contribution is 14.0. The zero-order chi connectivity index (χ0) is 20.0. The van der Waals surface area contributed by atoms with E-state index in [1.807, 2.05) is 48.5 Å². The van der Waals surface area contributed by atoms with Crippen molar-refractivity contribution >= 4 is 29.9 Å². The third kappa shape index (κ3) is 9.85. The van der Waals surface area contributed by atoms with E-state index in [0.717, 1.165) is 48.1 Å². The van der Waals surface area contributed by atoms with Crippen molar-refractivity contribution in [2.75, 3.05) is 33.9 Å². The minimum atomic E-state index is 0. The fourth-order valence-electron chi connectivity index (χ4n) is 2.58. The van der Waals surface area contributed by atoms with Gasteiger partial charge in [0.15, 0.2) is 5.96 Å². The maximum Gasteiger partial charge on any atom is 0.191 e. The minimum Gasteiger partial charge on any atom is -0.497 e. The van der Waals surface area contributed by atoms with Gasteiger partial charge in [-0.3, -0.25) is 0 Å². The molecule has 0 saturated carbocycles. The van der Waals surface area contributed by atoms with Crippen molar-refractivity contribution in [2.24, 2.45) is 4.99 Å². The number of ether oxygens (including phenoxy) is 3. The molecule has 0 aliphatic heterocycles. The summed E-state index contributed by atoms with van der Waals surface area (Å²) >= 11 is 0. The predicted octanol–water partition coefficient (Wildman–Crippen LogP) is 3.98. The molecule has 0 aliphatic carbocycles. The maximum absolute atomic E-state index is 5.73. The van der Waals surface area contributed by atoms with Crippen LogP contribution < -0.4 is 20.1 Å². The summed E-state index contributed by atoms with van der Waals surface area (Å²) in [6.45, 7) is 5.56. The van der Waals surface area contributed by atoms with Gasteiger partial charge in [-0.05, 0) is 48.7 Å². The molecule has 0 atom stereocenters. The summed E-state index contributed by atoms with van der Waals surface area (Å²) in [5.74, 6) is 2.51. The number of guanidine groups is 1. The molecule has 0 saturated heterocycles. The molecule has 0 spiro atoms. The molecule has 0 bridgehead atoms. The Morgan fingerprint density at radius 3 is 2.38 bits per heavy atom. The highest BCUT2D eigenvalue weighted by Gasteiger charge is 2.00. The second-order valence-corrected chi connectivity index (χ2v) is 6.23. The first-order valence-corrected chi connectivity index (χ1v) is 9.61. The van der Waals surface area contributed by atoms with Crippen LogP contribution in [0.4, 0.5) is 0 Å². The summed E-state index contributed by atoms with van der Waals surface area (Å²) in [6, 6.07) is 15.9. The molecule has 0 amide bonds. The normalized spacial score (nSPS) is 10.8. The van der Waals surface area contributed by atoms with Gasteiger partial charge in [-0.2, -0.15) is 0 Å². The molecule has 2 N–H and O–H groups in total. The van der Waals surface area contributed by atoms with Crippen LogP contribution in [0, 0.1) is 0 Å². The third-order valence-corrected chi connectivity index (χ3v) is 4.08. The number of benzene rings is 2. The van der Waals surface area contributed by atoms with Crippen LogP contribution in [-0.2, 0) is 17.9 Å². The molecular formula is C22H32IN3O3. The van der Waals surface area contributed by atoms with Crippen LogP contribution in [0.2, 0.25) is 0 Å². The van der Waals surface area contributed by atoms with E-state index in [-0.39, 0.29) is 24.0 Å². The van der Waals surface area contributed by atoms with E-state index in [2.05, 4.69) is 22.5 Å². The lowest BCUT2D eigenvalue weighted by atomic mass is 10.2. The third-order valence-electron chi connectivity index (χ3n) is 4.08. The molecule has 2 aromatic rings. The van der Waals surface area contributed by atoms with Crippen molar-refractivity contribution in [3.63, 3.8) is 0 Å². The number of rotatable bonds is 11. The van der Waals surface area contributed by atoms with E-state index >= 15 is 0 Å². The summed E-state index contributed by atoms with van der Waals surface area (Å²) in [5, 5.41) is 6.61. The van der Waals surface area contributed by atoms with Crippen molar-refractivity contribution < 1.29 is 14.2 Å². The Bertz CT molecular complexity index is 723. The zero-order valence-corrected chi connectivity index (χ0v) is 19.8. The van der Waals surface area contributed by atoms with Crippen molar-refractivity contribution in [1.29, 1.82) is 0 Å². The van der Waals surface area contributed by atoms with Crippen LogP contribution in [0.1, 0.15) is 24.5 Å². The van der Waals surface area contributed by atoms with Gasteiger partial charge >= 0.3 is 0 Å². The number of nitrogens with zero attached hydrogens (tertiary/aromatic N) is 1. The average Bonchev–Trinajstić information content (AvgIpc) is 2.74. The minimum absolute atomic E-state index is 0. The molecule has 7 heteroatoms. The summed E-state index contributed by atoms with van der Waals surface area (Å²) in [6.07, 6.45) is 0.903. The predicted molar refractivity (Wildman–Crippen MR) is 128 cm³/mol. The number of halogens is 1. The molecule has 2 rings (SSSR count). The second-order valence-electron chi connectivity index (χ2n) is 6.23. The first-order valence-electron chi connectivity index (χ1n) is 9.61. The van der Waals surface area contributed by atoms with E-state index in [1.54, 1.807) is 14.2 Å². The van der Waals surface area contributed by atoms with Crippen molar-refractivity contribution in [2.45, 2.75) is 26.5 Å². The SMILES string of the molecule is CCNC(=NCc1cccc(OC)c1)NCCCOCc1ccc(OC)cc1.I. The Kier molecular flexibility index (Phi) is 12.9. The Morgan fingerprint density at radius 2 is 1.69 bits per heavy atom. The van der Waals surface area contributed by atoms with Gasteiger partial charge in [0.05, 0.1) is 27.4 Å². The molecule has 6 nitrogen and oxygen atoms in total. The fraction of sp³-hybridized carbons (Fsp3) is 0.409. The molecule has 29 heavy (non-hydrogen) atoms. The van der Waals surface area contributed by atoms with Crippen LogP contribution in [-0.4, -0.2) is 39.9 Å². The summed E-state index contributed by atoms with van der Waals surface area (Å²) < 4.78 is 16.1. The van der Waals surface area contributed by atoms with Gasteiger partial charge in [-0.15, -0.1) is 24.0 Å². The molecule has 2 aromatic carbocycles. The maximum atomic E-state index is 5.73. The molecule has 0 aromatic heterocycles. The van der Waals surface area contributed by atoms with Gasteiger partial charge in [0.1, 0.15) is 11.5 Å². The van der Waals surface area contributed by atoms with E-state index in [4.69, 9.17) is 14.2 Å². The lowest BCUT2D eigenvalue weighted by Crippen LogP contribution is -2.38. The van der Waals surface area contributed by atoms with Gasteiger partial charge in [-0.25, -0.2) is 4.99 Å². The standard InChI is InChI=1S/C22H31N3O3.HI/c1-4-23-22(25-16-19-7-5-8-21(15-19)27-3)24-13-6-14-28-17-18-9-11-20(26-2)12-10-18;/h5,7-12,15H,4,6,13-14,16-17H2,1-3H3,(H2,23,24,25);1H. The van der Waals surface area contributed by atoms with E-state index in [0.29, 0.717) is 19.8 Å². The summed E-state index contributed by atoms with van der Waals surface area (Å²) in [5.41, 5.74) is 2.25. The number of hydrogen-bond donors (Lipinski definition) is 2. The average molecular weight is 513 g/mol. The Balaban J connectivity index is 0.00000420. The van der Waals surface area contributed by atoms with Crippen LogP contribution in [0.3, 0.4) is 0 Å². The van der Waals surface area contributed by atoms with Gasteiger partial charge in [0.2, 0.25) is 0 Å². The Morgan fingerprint density at radius 1 is 0.931 bits per heavy atom. The molecule has 0 radical (unpaired) electrons. The lowest BCUT2D eigenvalue weighted by molar-refractivity contribution is 0.119. The molecule has 0 unspecified atom stereocenters. The quantitative estimate of drug-likeness (QED) is 0.206. The topological polar surface area (TPSA) is 64.1 Å². The molecule has 160 valence electrons. The van der Waals surface area contributed by atoms with Crippen LogP contribution in [0.15, 0.2) is 53.5 Å². The largest absolute Gasteiger partial charge is 0.497 e. The van der Waals surface area contributed by atoms with Crippen LogP contribution in [0.5, 0.6) is 11.5 Å². The first kappa shape index (κ1) is 25.0. The Labute approximate surface area is 191 Å². The highest BCUT2D eigenvalue weighted by Crippen LogP contribution is 2.13. The lowest BCUT2D eigenvalue weighted by Gasteiger charge is -2.12. The van der Waals surface area contributed by atoms with Gasteiger partial charge in [0.25, 0.3) is 0 Å². The second kappa shape index (κ2) is 14.9. The van der Waals surface area contributed by atoms with E-state index < -0.39 is 0 Å². The first-order chi connectivity index (χ1) is 13.7.